The van der Waals surface area contributed by atoms with E-state index < -0.39 is 26.6 Å². The highest BCUT2D eigenvalue weighted by Gasteiger charge is 2.22. The summed E-state index contributed by atoms with van der Waals surface area (Å²) in [5.41, 5.74) is 0.787. The molecule has 20 heavy (non-hydrogen) atoms. The molecule has 0 N–H and O–H groups in total. The van der Waals surface area contributed by atoms with Crippen LogP contribution in [-0.2, 0) is 16.6 Å². The highest BCUT2D eigenvalue weighted by atomic mass is 32.2. The molecule has 0 aliphatic heterocycles. The molecular formula is C14H13F2NO2S. The normalized spacial score (nSPS) is 11.8. The average molecular weight is 297 g/mol. The van der Waals surface area contributed by atoms with Gasteiger partial charge in [0.25, 0.3) is 0 Å². The highest BCUT2D eigenvalue weighted by Crippen LogP contribution is 2.19. The van der Waals surface area contributed by atoms with Crippen LogP contribution in [-0.4, -0.2) is 19.8 Å². The zero-order valence-corrected chi connectivity index (χ0v) is 11.6. The van der Waals surface area contributed by atoms with Crippen molar-refractivity contribution in [2.75, 3.05) is 7.05 Å². The third-order valence-electron chi connectivity index (χ3n) is 2.79. The van der Waals surface area contributed by atoms with Gasteiger partial charge in [-0.25, -0.2) is 17.2 Å². The standard InChI is InChI=1S/C14H13F2NO2S/c1-17(10-11-5-3-2-4-6-11)20(18,19)14-8-12(15)7-13(16)9-14/h2-9H,10H2,1H3. The molecule has 0 radical (unpaired) electrons. The van der Waals surface area contributed by atoms with E-state index in [-0.39, 0.29) is 6.54 Å². The molecule has 0 bridgehead atoms. The van der Waals surface area contributed by atoms with Crippen molar-refractivity contribution in [3.63, 3.8) is 0 Å². The van der Waals surface area contributed by atoms with E-state index in [4.69, 9.17) is 0 Å². The van der Waals surface area contributed by atoms with E-state index in [2.05, 4.69) is 0 Å². The van der Waals surface area contributed by atoms with Crippen LogP contribution in [0.5, 0.6) is 0 Å². The van der Waals surface area contributed by atoms with Gasteiger partial charge in [-0.2, -0.15) is 4.31 Å². The van der Waals surface area contributed by atoms with Crippen LogP contribution >= 0.6 is 0 Å². The summed E-state index contributed by atoms with van der Waals surface area (Å²) in [6.07, 6.45) is 0. The van der Waals surface area contributed by atoms with Crippen LogP contribution in [0, 0.1) is 11.6 Å². The maximum absolute atomic E-state index is 13.1. The molecule has 2 aromatic rings. The summed E-state index contributed by atoms with van der Waals surface area (Å²) in [4.78, 5) is -0.395. The van der Waals surface area contributed by atoms with E-state index >= 15 is 0 Å². The van der Waals surface area contributed by atoms with Crippen molar-refractivity contribution in [2.45, 2.75) is 11.4 Å². The lowest BCUT2D eigenvalue weighted by molar-refractivity contribution is 0.464. The molecule has 3 nitrogen and oxygen atoms in total. The van der Waals surface area contributed by atoms with E-state index in [1.165, 1.54) is 7.05 Å². The van der Waals surface area contributed by atoms with Crippen molar-refractivity contribution in [3.8, 4) is 0 Å². The highest BCUT2D eigenvalue weighted by molar-refractivity contribution is 7.89. The molecule has 106 valence electrons. The van der Waals surface area contributed by atoms with Gasteiger partial charge in [0.05, 0.1) is 4.90 Å². The summed E-state index contributed by atoms with van der Waals surface area (Å²) in [5, 5.41) is 0. The molecule has 0 aliphatic carbocycles. The SMILES string of the molecule is CN(Cc1ccccc1)S(=O)(=O)c1cc(F)cc(F)c1. The summed E-state index contributed by atoms with van der Waals surface area (Å²) in [6.45, 7) is 0.126. The molecule has 0 aliphatic rings. The topological polar surface area (TPSA) is 37.4 Å². The van der Waals surface area contributed by atoms with Crippen LogP contribution in [0.1, 0.15) is 5.56 Å². The van der Waals surface area contributed by atoms with Crippen LogP contribution in [0.3, 0.4) is 0 Å². The Morgan fingerprint density at radius 3 is 2.10 bits per heavy atom. The largest absolute Gasteiger partial charge is 0.243 e. The molecule has 2 aromatic carbocycles. The van der Waals surface area contributed by atoms with Gasteiger partial charge in [0.2, 0.25) is 10.0 Å². The quantitative estimate of drug-likeness (QED) is 0.870. The third kappa shape index (κ3) is 3.20. The lowest BCUT2D eigenvalue weighted by atomic mass is 10.2. The van der Waals surface area contributed by atoms with Crippen molar-refractivity contribution in [2.24, 2.45) is 0 Å². The molecule has 2 rings (SSSR count). The second kappa shape index (κ2) is 5.68. The van der Waals surface area contributed by atoms with Gasteiger partial charge < -0.3 is 0 Å². The number of rotatable bonds is 4. The number of nitrogens with zero attached hydrogens (tertiary/aromatic N) is 1. The molecule has 0 unspecified atom stereocenters. The fraction of sp³-hybridized carbons (Fsp3) is 0.143. The van der Waals surface area contributed by atoms with Gasteiger partial charge in [0.15, 0.2) is 0 Å². The molecule has 0 aromatic heterocycles. The first-order valence-electron chi connectivity index (χ1n) is 5.86. The smallest absolute Gasteiger partial charge is 0.207 e. The van der Waals surface area contributed by atoms with E-state index in [9.17, 15) is 17.2 Å². The second-order valence-electron chi connectivity index (χ2n) is 4.35. The summed E-state index contributed by atoms with van der Waals surface area (Å²) >= 11 is 0. The first kappa shape index (κ1) is 14.6. The fourth-order valence-electron chi connectivity index (χ4n) is 1.78. The molecule has 0 saturated heterocycles. The Bertz CT molecular complexity index is 682. The predicted octanol–water partition coefficient (Wildman–Crippen LogP) is 2.79. The minimum atomic E-state index is -3.93. The van der Waals surface area contributed by atoms with Crippen molar-refractivity contribution in [3.05, 3.63) is 65.7 Å². The van der Waals surface area contributed by atoms with Crippen LogP contribution in [0.25, 0.3) is 0 Å². The van der Waals surface area contributed by atoms with Crippen LogP contribution in [0.4, 0.5) is 8.78 Å². The van der Waals surface area contributed by atoms with Crippen molar-refractivity contribution in [1.29, 1.82) is 0 Å². The molecule has 0 fully saturated rings. The molecular weight excluding hydrogens is 284 g/mol. The first-order valence-corrected chi connectivity index (χ1v) is 7.30. The minimum absolute atomic E-state index is 0.126. The molecule has 0 heterocycles. The Morgan fingerprint density at radius 1 is 1.00 bits per heavy atom. The van der Waals surface area contributed by atoms with E-state index in [0.29, 0.717) is 6.07 Å². The number of halogens is 2. The number of sulfonamides is 1. The van der Waals surface area contributed by atoms with Gasteiger partial charge in [-0.15, -0.1) is 0 Å². The zero-order chi connectivity index (χ0) is 14.8. The van der Waals surface area contributed by atoms with Crippen molar-refractivity contribution >= 4 is 10.0 Å². The summed E-state index contributed by atoms with van der Waals surface area (Å²) in [6, 6.07) is 11.2. The first-order chi connectivity index (χ1) is 9.39. The average Bonchev–Trinajstić information content (AvgIpc) is 2.38. The van der Waals surface area contributed by atoms with Gasteiger partial charge in [0, 0.05) is 19.7 Å². The van der Waals surface area contributed by atoms with Gasteiger partial charge >= 0.3 is 0 Å². The van der Waals surface area contributed by atoms with Crippen molar-refractivity contribution < 1.29 is 17.2 Å². The molecule has 0 atom stereocenters. The van der Waals surface area contributed by atoms with Crippen LogP contribution < -0.4 is 0 Å². The Balaban J connectivity index is 2.30. The lowest BCUT2D eigenvalue weighted by Gasteiger charge is -2.17. The Labute approximate surface area is 116 Å². The Hall–Kier alpha value is -1.79. The van der Waals surface area contributed by atoms with Crippen LogP contribution in [0.2, 0.25) is 0 Å². The Morgan fingerprint density at radius 2 is 1.55 bits per heavy atom. The second-order valence-corrected chi connectivity index (χ2v) is 6.40. The molecule has 6 heteroatoms. The number of hydrogen-bond donors (Lipinski definition) is 0. The van der Waals surface area contributed by atoms with E-state index in [1.54, 1.807) is 24.3 Å². The third-order valence-corrected chi connectivity index (χ3v) is 4.57. The minimum Gasteiger partial charge on any atom is -0.207 e. The molecule has 0 amide bonds. The lowest BCUT2D eigenvalue weighted by Crippen LogP contribution is -2.26. The van der Waals surface area contributed by atoms with E-state index in [0.717, 1.165) is 22.0 Å². The van der Waals surface area contributed by atoms with Gasteiger partial charge in [-0.3, -0.25) is 0 Å². The van der Waals surface area contributed by atoms with Crippen molar-refractivity contribution in [1.82, 2.24) is 4.31 Å². The fourth-order valence-corrected chi connectivity index (χ4v) is 2.98. The summed E-state index contributed by atoms with van der Waals surface area (Å²) in [5.74, 6) is -1.84. The van der Waals surface area contributed by atoms with Gasteiger partial charge in [-0.05, 0) is 17.7 Å². The summed E-state index contributed by atoms with van der Waals surface area (Å²) in [7, 11) is -2.56. The van der Waals surface area contributed by atoms with Gasteiger partial charge in [0.1, 0.15) is 11.6 Å². The molecule has 0 saturated carbocycles. The number of hydrogen-bond acceptors (Lipinski definition) is 2. The van der Waals surface area contributed by atoms with Gasteiger partial charge in [-0.1, -0.05) is 30.3 Å². The van der Waals surface area contributed by atoms with Crippen LogP contribution in [0.15, 0.2) is 53.4 Å². The zero-order valence-electron chi connectivity index (χ0n) is 10.8. The summed E-state index contributed by atoms with van der Waals surface area (Å²) < 4.78 is 51.8. The monoisotopic (exact) mass is 297 g/mol. The maximum Gasteiger partial charge on any atom is 0.243 e. The number of benzene rings is 2. The van der Waals surface area contributed by atoms with E-state index in [1.807, 2.05) is 6.07 Å². The maximum atomic E-state index is 13.1. The Kier molecular flexibility index (Phi) is 4.15. The molecule has 0 spiro atoms. The predicted molar refractivity (Wildman–Crippen MR) is 71.5 cm³/mol.